The molecule has 5 heteroatoms. The molecule has 26 heavy (non-hydrogen) atoms. The molecular formula is C21H28ClNO2S. The Bertz CT molecular complexity index is 673. The molecule has 0 bridgehead atoms. The number of fused-ring (bicyclic) bond motifs is 1. The van der Waals surface area contributed by atoms with Gasteiger partial charge in [0.25, 0.3) is 0 Å². The Morgan fingerprint density at radius 2 is 2.00 bits per heavy atom. The maximum Gasteiger partial charge on any atom is 0.409 e. The van der Waals surface area contributed by atoms with Gasteiger partial charge in [-0.15, -0.1) is 11.3 Å². The first-order valence-corrected chi connectivity index (χ1v) is 10.5. The molecule has 2 aromatic rings. The summed E-state index contributed by atoms with van der Waals surface area (Å²) in [5.41, 5.74) is 1.67. The summed E-state index contributed by atoms with van der Waals surface area (Å²) in [5.74, 6) is 0.627. The molecule has 0 saturated carbocycles. The maximum atomic E-state index is 10.6. The van der Waals surface area contributed by atoms with E-state index >= 15 is 0 Å². The van der Waals surface area contributed by atoms with Crippen LogP contribution in [-0.2, 0) is 19.3 Å². The summed E-state index contributed by atoms with van der Waals surface area (Å²) in [6.45, 7) is 4.63. The van der Waals surface area contributed by atoms with Crippen LogP contribution >= 0.6 is 22.9 Å². The minimum atomic E-state index is -0.760. The lowest BCUT2D eigenvalue weighted by molar-refractivity contribution is 0.225. The van der Waals surface area contributed by atoms with Crippen LogP contribution in [0.5, 0.6) is 5.75 Å². The van der Waals surface area contributed by atoms with Gasteiger partial charge in [0.1, 0.15) is 5.75 Å². The van der Waals surface area contributed by atoms with Gasteiger partial charge < -0.3 is 9.64 Å². The molecule has 0 fully saturated rings. The SMILES string of the molecule is CCCN(C)CCc1cccs1.O=C(Cl)Oc1cccc2c1CCCC2. The lowest BCUT2D eigenvalue weighted by Crippen LogP contribution is -2.21. The van der Waals surface area contributed by atoms with Crippen molar-refractivity contribution < 1.29 is 9.53 Å². The smallest absolute Gasteiger partial charge is 0.409 e. The molecule has 0 N–H and O–H groups in total. The van der Waals surface area contributed by atoms with Gasteiger partial charge in [-0.05, 0) is 80.8 Å². The zero-order valence-electron chi connectivity index (χ0n) is 15.7. The molecule has 3 nitrogen and oxygen atoms in total. The summed E-state index contributed by atoms with van der Waals surface area (Å²) in [6.07, 6.45) is 6.88. The van der Waals surface area contributed by atoms with Crippen LogP contribution in [0, 0.1) is 0 Å². The number of aryl methyl sites for hydroxylation is 1. The molecule has 142 valence electrons. The molecule has 0 atom stereocenters. The predicted octanol–water partition coefficient (Wildman–Crippen LogP) is 5.94. The van der Waals surface area contributed by atoms with Gasteiger partial charge in [0.05, 0.1) is 0 Å². The van der Waals surface area contributed by atoms with E-state index in [-0.39, 0.29) is 0 Å². The van der Waals surface area contributed by atoms with Gasteiger partial charge in [0, 0.05) is 23.0 Å². The van der Waals surface area contributed by atoms with Crippen molar-refractivity contribution in [3.63, 3.8) is 0 Å². The normalized spacial score (nSPS) is 12.9. The van der Waals surface area contributed by atoms with E-state index in [2.05, 4.69) is 42.5 Å². The van der Waals surface area contributed by atoms with Crippen molar-refractivity contribution in [3.05, 3.63) is 51.7 Å². The zero-order valence-corrected chi connectivity index (χ0v) is 17.2. The fourth-order valence-electron chi connectivity index (χ4n) is 3.18. The number of rotatable bonds is 6. The summed E-state index contributed by atoms with van der Waals surface area (Å²) in [6, 6.07) is 10.1. The number of hydrogen-bond donors (Lipinski definition) is 0. The van der Waals surface area contributed by atoms with Crippen LogP contribution in [0.3, 0.4) is 0 Å². The molecule has 1 aromatic carbocycles. The van der Waals surface area contributed by atoms with Gasteiger partial charge in [0.2, 0.25) is 0 Å². The number of hydrogen-bond acceptors (Lipinski definition) is 4. The summed E-state index contributed by atoms with van der Waals surface area (Å²) in [5, 5.41) is 2.15. The lowest BCUT2D eigenvalue weighted by Gasteiger charge is -2.17. The van der Waals surface area contributed by atoms with Crippen molar-refractivity contribution in [2.45, 2.75) is 45.4 Å². The Morgan fingerprint density at radius 1 is 1.19 bits per heavy atom. The Labute approximate surface area is 165 Å². The molecule has 0 saturated heterocycles. The summed E-state index contributed by atoms with van der Waals surface area (Å²) >= 11 is 7.05. The molecule has 0 radical (unpaired) electrons. The molecule has 3 rings (SSSR count). The highest BCUT2D eigenvalue weighted by Gasteiger charge is 2.14. The van der Waals surface area contributed by atoms with E-state index in [0.29, 0.717) is 5.75 Å². The molecule has 0 spiro atoms. The Kier molecular flexibility index (Phi) is 9.16. The number of thiophene rings is 1. The molecule has 1 aromatic heterocycles. The second-order valence-corrected chi connectivity index (χ2v) is 7.91. The third-order valence-electron chi connectivity index (χ3n) is 4.47. The fourth-order valence-corrected chi connectivity index (χ4v) is 3.96. The molecule has 0 amide bonds. The van der Waals surface area contributed by atoms with Gasteiger partial charge in [-0.2, -0.15) is 0 Å². The molecule has 1 aliphatic carbocycles. The van der Waals surface area contributed by atoms with Crippen LogP contribution in [0.2, 0.25) is 0 Å². The number of likely N-dealkylation sites (N-methyl/N-ethyl adjacent to an activating group) is 1. The topological polar surface area (TPSA) is 29.5 Å². The molecular weight excluding hydrogens is 366 g/mol. The largest absolute Gasteiger partial charge is 0.414 e. The number of benzene rings is 1. The van der Waals surface area contributed by atoms with Gasteiger partial charge in [-0.25, -0.2) is 4.79 Å². The van der Waals surface area contributed by atoms with Crippen LogP contribution in [-0.4, -0.2) is 30.5 Å². The Morgan fingerprint density at radius 3 is 2.69 bits per heavy atom. The van der Waals surface area contributed by atoms with E-state index in [1.807, 2.05) is 17.4 Å². The van der Waals surface area contributed by atoms with E-state index in [9.17, 15) is 4.79 Å². The fraction of sp³-hybridized carbons (Fsp3) is 0.476. The van der Waals surface area contributed by atoms with Crippen LogP contribution in [0.15, 0.2) is 35.7 Å². The van der Waals surface area contributed by atoms with E-state index in [1.165, 1.54) is 42.8 Å². The van der Waals surface area contributed by atoms with Crippen LogP contribution in [0.25, 0.3) is 0 Å². The minimum Gasteiger partial charge on any atom is -0.414 e. The highest BCUT2D eigenvalue weighted by Crippen LogP contribution is 2.29. The van der Waals surface area contributed by atoms with Crippen LogP contribution in [0.1, 0.15) is 42.2 Å². The minimum absolute atomic E-state index is 0.627. The van der Waals surface area contributed by atoms with Crippen molar-refractivity contribution in [1.82, 2.24) is 4.90 Å². The third-order valence-corrected chi connectivity index (χ3v) is 5.48. The van der Waals surface area contributed by atoms with Gasteiger partial charge in [-0.1, -0.05) is 25.1 Å². The first-order chi connectivity index (χ1) is 12.6. The lowest BCUT2D eigenvalue weighted by atomic mass is 9.91. The Hall–Kier alpha value is -1.36. The average Bonchev–Trinajstić information content (AvgIpc) is 3.14. The third kappa shape index (κ3) is 7.10. The highest BCUT2D eigenvalue weighted by atomic mass is 35.5. The monoisotopic (exact) mass is 393 g/mol. The molecule has 1 heterocycles. The highest BCUT2D eigenvalue weighted by molar-refractivity contribution is 7.09. The predicted molar refractivity (Wildman–Crippen MR) is 111 cm³/mol. The number of ether oxygens (including phenoxy) is 1. The number of carbonyl (C=O) groups excluding carboxylic acids is 1. The first kappa shape index (κ1) is 20.9. The van der Waals surface area contributed by atoms with Crippen molar-refractivity contribution in [2.75, 3.05) is 20.1 Å². The summed E-state index contributed by atoms with van der Waals surface area (Å²) in [7, 11) is 2.19. The second kappa shape index (κ2) is 11.4. The van der Waals surface area contributed by atoms with Crippen molar-refractivity contribution in [3.8, 4) is 5.75 Å². The van der Waals surface area contributed by atoms with E-state index < -0.39 is 5.43 Å². The van der Waals surface area contributed by atoms with Crippen LogP contribution < -0.4 is 4.74 Å². The zero-order chi connectivity index (χ0) is 18.8. The standard InChI is InChI=1S/C11H11ClO2.C10H17NS/c12-11(13)14-10-7-3-5-8-4-1-2-6-9(8)10;1-3-7-11(2)8-6-10-5-4-9-12-10/h3,5,7H,1-2,4,6H2;4-5,9H,3,6-8H2,1-2H3. The molecule has 0 aliphatic heterocycles. The molecule has 0 unspecified atom stereocenters. The quantitative estimate of drug-likeness (QED) is 0.569. The summed E-state index contributed by atoms with van der Waals surface area (Å²) in [4.78, 5) is 14.5. The Balaban J connectivity index is 0.000000190. The number of nitrogens with zero attached hydrogens (tertiary/aromatic N) is 1. The van der Waals surface area contributed by atoms with Gasteiger partial charge in [0.15, 0.2) is 0 Å². The van der Waals surface area contributed by atoms with Crippen molar-refractivity contribution in [1.29, 1.82) is 0 Å². The number of carbonyl (C=O) groups is 1. The second-order valence-electron chi connectivity index (χ2n) is 6.57. The van der Waals surface area contributed by atoms with Crippen molar-refractivity contribution >= 4 is 28.4 Å². The van der Waals surface area contributed by atoms with E-state index in [0.717, 1.165) is 24.8 Å². The summed E-state index contributed by atoms with van der Waals surface area (Å²) < 4.78 is 4.94. The average molecular weight is 394 g/mol. The maximum absolute atomic E-state index is 10.6. The van der Waals surface area contributed by atoms with Crippen molar-refractivity contribution in [2.24, 2.45) is 0 Å². The van der Waals surface area contributed by atoms with E-state index in [1.54, 1.807) is 6.07 Å². The van der Waals surface area contributed by atoms with E-state index in [4.69, 9.17) is 16.3 Å². The van der Waals surface area contributed by atoms with Gasteiger partial charge in [-0.3, -0.25) is 0 Å². The molecule has 1 aliphatic rings. The number of halogens is 1. The first-order valence-electron chi connectivity index (χ1n) is 9.29. The van der Waals surface area contributed by atoms with Gasteiger partial charge >= 0.3 is 5.43 Å². The van der Waals surface area contributed by atoms with Crippen LogP contribution in [0.4, 0.5) is 4.79 Å².